The van der Waals surface area contributed by atoms with Gasteiger partial charge in [0.05, 0.1) is 7.11 Å². The molecule has 4 heteroatoms. The molecule has 0 saturated carbocycles. The molecular formula is C18H27ClN2O. The van der Waals surface area contributed by atoms with Gasteiger partial charge in [-0.2, -0.15) is 0 Å². The fourth-order valence-electron chi connectivity index (χ4n) is 2.29. The molecule has 2 rings (SSSR count). The normalized spacial score (nSPS) is 15.3. The first-order chi connectivity index (χ1) is 10.7. The van der Waals surface area contributed by atoms with Crippen LogP contribution in [0, 0.1) is 0 Å². The highest BCUT2D eigenvalue weighted by atomic mass is 35.5. The Hall–Kier alpha value is -1.32. The number of benzene rings is 1. The fraction of sp³-hybridized carbons (Fsp3) is 0.500. The lowest BCUT2D eigenvalue weighted by Gasteiger charge is -2.17. The Morgan fingerprint density at radius 2 is 2.09 bits per heavy atom. The zero-order chi connectivity index (χ0) is 16.5. The summed E-state index contributed by atoms with van der Waals surface area (Å²) in [5.74, 6) is 0.807. The van der Waals surface area contributed by atoms with Crippen LogP contribution < -0.4 is 10.1 Å². The number of nitrogens with one attached hydrogen (secondary N) is 1. The molecule has 0 atom stereocenters. The van der Waals surface area contributed by atoms with Crippen LogP contribution >= 0.6 is 11.6 Å². The van der Waals surface area contributed by atoms with Crippen molar-refractivity contribution in [2.75, 3.05) is 20.2 Å². The minimum absolute atomic E-state index is 0.721. The van der Waals surface area contributed by atoms with Crippen LogP contribution in [-0.4, -0.2) is 25.9 Å². The molecular weight excluding hydrogens is 296 g/mol. The molecule has 0 aromatic heterocycles. The highest BCUT2D eigenvalue weighted by Gasteiger charge is 2.12. The second kappa shape index (κ2) is 9.65. The molecule has 1 aromatic carbocycles. The van der Waals surface area contributed by atoms with Crippen LogP contribution in [0.1, 0.15) is 46.1 Å². The molecule has 0 radical (unpaired) electrons. The van der Waals surface area contributed by atoms with Gasteiger partial charge in [-0.25, -0.2) is 0 Å². The van der Waals surface area contributed by atoms with Crippen molar-refractivity contribution in [2.24, 2.45) is 4.99 Å². The average molecular weight is 323 g/mol. The van der Waals surface area contributed by atoms with Crippen molar-refractivity contribution in [3.05, 3.63) is 40.1 Å². The second-order valence-corrected chi connectivity index (χ2v) is 5.32. The van der Waals surface area contributed by atoms with E-state index in [9.17, 15) is 0 Å². The zero-order valence-electron chi connectivity index (χ0n) is 14.3. The van der Waals surface area contributed by atoms with Gasteiger partial charge in [-0.1, -0.05) is 32.4 Å². The number of aliphatic imine (C=N–C) groups is 1. The van der Waals surface area contributed by atoms with Gasteiger partial charge in [0.2, 0.25) is 0 Å². The summed E-state index contributed by atoms with van der Waals surface area (Å²) >= 11 is 6.32. The Labute approximate surface area is 139 Å². The Balaban J connectivity index is 0.00000116. The molecule has 0 saturated heterocycles. The smallest absolute Gasteiger partial charge is 0.119 e. The molecule has 122 valence electrons. The largest absolute Gasteiger partial charge is 0.497 e. The molecule has 1 aliphatic heterocycles. The third-order valence-corrected chi connectivity index (χ3v) is 3.84. The molecule has 0 amide bonds. The molecule has 0 fully saturated rings. The highest BCUT2D eigenvalue weighted by molar-refractivity contribution is 6.34. The van der Waals surface area contributed by atoms with Crippen LogP contribution in [0.4, 0.5) is 0 Å². The summed E-state index contributed by atoms with van der Waals surface area (Å²) in [5.41, 5.74) is 4.47. The predicted molar refractivity (Wildman–Crippen MR) is 96.4 cm³/mol. The lowest BCUT2D eigenvalue weighted by Crippen LogP contribution is -2.24. The van der Waals surface area contributed by atoms with E-state index in [0.29, 0.717) is 0 Å². The van der Waals surface area contributed by atoms with E-state index in [1.54, 1.807) is 7.11 Å². The monoisotopic (exact) mass is 322 g/mol. The van der Waals surface area contributed by atoms with Crippen LogP contribution in [0.3, 0.4) is 0 Å². The van der Waals surface area contributed by atoms with E-state index in [4.69, 9.17) is 21.3 Å². The third kappa shape index (κ3) is 4.85. The van der Waals surface area contributed by atoms with Gasteiger partial charge < -0.3 is 10.1 Å². The Morgan fingerprint density at radius 1 is 1.36 bits per heavy atom. The van der Waals surface area contributed by atoms with Crippen molar-refractivity contribution in [2.45, 2.75) is 40.5 Å². The van der Waals surface area contributed by atoms with Gasteiger partial charge in [-0.3, -0.25) is 4.99 Å². The van der Waals surface area contributed by atoms with E-state index >= 15 is 0 Å². The standard InChI is InChI=1S/C16H21ClN2O.C2H6/c1-4-15(19-16-7-8-18-10-11(16)2)13-9-12(20-3)5-6-14(13)17;1-2/h5-6,9,18H,4,7-8,10H2,1-3H3;1-2H3. The SMILES string of the molecule is CC.CCC(=NC1=C(C)CNCC1)c1cc(OC)ccc1Cl. The van der Waals surface area contributed by atoms with Crippen molar-refractivity contribution in [3.8, 4) is 5.75 Å². The second-order valence-electron chi connectivity index (χ2n) is 4.91. The van der Waals surface area contributed by atoms with Gasteiger partial charge >= 0.3 is 0 Å². The number of methoxy groups -OCH3 is 1. The number of ether oxygens (including phenoxy) is 1. The van der Waals surface area contributed by atoms with E-state index in [-0.39, 0.29) is 0 Å². The van der Waals surface area contributed by atoms with Gasteiger partial charge in [-0.05, 0) is 37.1 Å². The van der Waals surface area contributed by atoms with Gasteiger partial charge in [0.25, 0.3) is 0 Å². The quantitative estimate of drug-likeness (QED) is 0.805. The van der Waals surface area contributed by atoms with E-state index in [1.807, 2.05) is 32.0 Å². The number of hydrogen-bond donors (Lipinski definition) is 1. The van der Waals surface area contributed by atoms with Crippen LogP contribution in [0.15, 0.2) is 34.5 Å². The minimum atomic E-state index is 0.721. The van der Waals surface area contributed by atoms with E-state index in [2.05, 4.69) is 19.2 Å². The van der Waals surface area contributed by atoms with Crippen molar-refractivity contribution < 1.29 is 4.74 Å². The van der Waals surface area contributed by atoms with Crippen molar-refractivity contribution in [1.29, 1.82) is 0 Å². The molecule has 22 heavy (non-hydrogen) atoms. The minimum Gasteiger partial charge on any atom is -0.497 e. The summed E-state index contributed by atoms with van der Waals surface area (Å²) in [5, 5.41) is 4.07. The maximum atomic E-state index is 6.32. The molecule has 0 unspecified atom stereocenters. The van der Waals surface area contributed by atoms with Crippen molar-refractivity contribution in [1.82, 2.24) is 5.32 Å². The fourth-order valence-corrected chi connectivity index (χ4v) is 2.52. The zero-order valence-corrected chi connectivity index (χ0v) is 15.0. The summed E-state index contributed by atoms with van der Waals surface area (Å²) in [6.07, 6.45) is 1.81. The topological polar surface area (TPSA) is 33.6 Å². The molecule has 0 bridgehead atoms. The van der Waals surface area contributed by atoms with E-state index < -0.39 is 0 Å². The number of rotatable bonds is 4. The Kier molecular flexibility index (Phi) is 8.21. The van der Waals surface area contributed by atoms with Gasteiger partial charge in [-0.15, -0.1) is 0 Å². The van der Waals surface area contributed by atoms with E-state index in [0.717, 1.165) is 48.0 Å². The molecule has 1 N–H and O–H groups in total. The van der Waals surface area contributed by atoms with Gasteiger partial charge in [0.15, 0.2) is 0 Å². The van der Waals surface area contributed by atoms with Crippen LogP contribution in [0.25, 0.3) is 0 Å². The molecule has 1 heterocycles. The summed E-state index contributed by atoms with van der Waals surface area (Å²) in [4.78, 5) is 4.86. The Morgan fingerprint density at radius 3 is 2.68 bits per heavy atom. The van der Waals surface area contributed by atoms with Crippen LogP contribution in [-0.2, 0) is 0 Å². The van der Waals surface area contributed by atoms with Gasteiger partial charge in [0, 0.05) is 41.5 Å². The third-order valence-electron chi connectivity index (χ3n) is 3.51. The lowest BCUT2D eigenvalue weighted by atomic mass is 10.1. The number of hydrogen-bond acceptors (Lipinski definition) is 3. The molecule has 1 aliphatic rings. The summed E-state index contributed by atoms with van der Waals surface area (Å²) in [6.45, 7) is 10.1. The van der Waals surface area contributed by atoms with Crippen molar-refractivity contribution >= 4 is 17.3 Å². The summed E-state index contributed by atoms with van der Waals surface area (Å²) < 4.78 is 5.28. The summed E-state index contributed by atoms with van der Waals surface area (Å²) in [7, 11) is 1.66. The number of nitrogens with zero attached hydrogens (tertiary/aromatic N) is 1. The Bertz CT molecular complexity index is 550. The molecule has 1 aromatic rings. The molecule has 0 aliphatic carbocycles. The first kappa shape index (κ1) is 18.7. The number of halogens is 1. The lowest BCUT2D eigenvalue weighted by molar-refractivity contribution is 0.414. The van der Waals surface area contributed by atoms with E-state index in [1.165, 1.54) is 11.3 Å². The first-order valence-electron chi connectivity index (χ1n) is 7.96. The van der Waals surface area contributed by atoms with Crippen LogP contribution in [0.2, 0.25) is 5.02 Å². The maximum absolute atomic E-state index is 6.32. The summed E-state index contributed by atoms with van der Waals surface area (Å²) in [6, 6.07) is 5.69. The van der Waals surface area contributed by atoms with Gasteiger partial charge in [0.1, 0.15) is 5.75 Å². The predicted octanol–water partition coefficient (Wildman–Crippen LogP) is 4.84. The van der Waals surface area contributed by atoms with Crippen molar-refractivity contribution in [3.63, 3.8) is 0 Å². The van der Waals surface area contributed by atoms with Crippen LogP contribution in [0.5, 0.6) is 5.75 Å². The average Bonchev–Trinajstić information content (AvgIpc) is 2.57. The molecule has 0 spiro atoms. The first-order valence-corrected chi connectivity index (χ1v) is 8.34. The maximum Gasteiger partial charge on any atom is 0.119 e. The molecule has 3 nitrogen and oxygen atoms in total. The highest BCUT2D eigenvalue weighted by Crippen LogP contribution is 2.25.